The Kier molecular flexibility index (Phi) is 12.1. The van der Waals surface area contributed by atoms with Crippen LogP contribution in [-0.2, 0) is 51.4 Å². The van der Waals surface area contributed by atoms with Gasteiger partial charge in [-0.3, -0.25) is 0 Å². The van der Waals surface area contributed by atoms with E-state index >= 15 is 0 Å². The molecule has 0 spiro atoms. The fourth-order valence-corrected chi connectivity index (χ4v) is 11.8. The van der Waals surface area contributed by atoms with Crippen molar-refractivity contribution in [1.82, 2.24) is 0 Å². The smallest absolute Gasteiger partial charge is 0.131 e. The molecule has 6 aromatic carbocycles. The number of phenolic OH excluding ortho intramolecular Hbond substituents is 2. The van der Waals surface area contributed by atoms with Crippen LogP contribution < -0.4 is 9.47 Å². The number of ether oxygens (including phenoxy) is 2. The second-order valence-corrected chi connectivity index (χ2v) is 21.0. The number of phenols is 2. The number of fused-ring (bicyclic) bond motifs is 4. The van der Waals surface area contributed by atoms with E-state index in [1.165, 1.54) is 107 Å². The van der Waals surface area contributed by atoms with Gasteiger partial charge in [0, 0.05) is 39.3 Å². The van der Waals surface area contributed by atoms with Crippen LogP contribution in [0, 0.1) is 25.2 Å². The van der Waals surface area contributed by atoms with E-state index in [-0.39, 0.29) is 11.3 Å². The number of hydrogen-bond acceptors (Lipinski definition) is 4. The highest BCUT2D eigenvalue weighted by molar-refractivity contribution is 5.90. The minimum Gasteiger partial charge on any atom is -0.507 e. The topological polar surface area (TPSA) is 58.9 Å². The fourth-order valence-electron chi connectivity index (χ4n) is 11.8. The van der Waals surface area contributed by atoms with Crippen molar-refractivity contribution in [3.05, 3.63) is 141 Å². The van der Waals surface area contributed by atoms with Gasteiger partial charge in [-0.25, -0.2) is 0 Å². The lowest BCUT2D eigenvalue weighted by Crippen LogP contribution is -2.32. The largest absolute Gasteiger partial charge is 0.507 e. The lowest BCUT2D eigenvalue weighted by atomic mass is 9.76. The van der Waals surface area contributed by atoms with Crippen molar-refractivity contribution in [2.24, 2.45) is 11.3 Å². The van der Waals surface area contributed by atoms with E-state index < -0.39 is 0 Å². The first kappa shape index (κ1) is 43.4. The van der Waals surface area contributed by atoms with E-state index in [0.29, 0.717) is 24.7 Å². The molecule has 0 fully saturated rings. The molecule has 2 N–H and O–H groups in total. The van der Waals surface area contributed by atoms with Crippen LogP contribution in [0.4, 0.5) is 0 Å². The van der Waals surface area contributed by atoms with E-state index in [0.717, 1.165) is 107 Å². The van der Waals surface area contributed by atoms with Crippen molar-refractivity contribution < 1.29 is 19.7 Å². The minimum absolute atomic E-state index is 0.0247. The average molecular weight is 865 g/mol. The summed E-state index contributed by atoms with van der Waals surface area (Å²) in [4.78, 5) is 0. The zero-order chi connectivity index (χ0) is 44.8. The second-order valence-electron chi connectivity index (χ2n) is 21.0. The number of hydrogen-bond donors (Lipinski definition) is 2. The first-order chi connectivity index (χ1) is 31.5. The Balaban J connectivity index is 0.945. The lowest BCUT2D eigenvalue weighted by Gasteiger charge is -2.31. The molecule has 0 radical (unpaired) electrons. The Morgan fingerprint density at radius 3 is 1.11 bits per heavy atom. The molecule has 0 saturated heterocycles. The maximum atomic E-state index is 12.4. The van der Waals surface area contributed by atoms with Crippen molar-refractivity contribution in [3.63, 3.8) is 0 Å². The van der Waals surface area contributed by atoms with Crippen molar-refractivity contribution in [2.75, 3.05) is 13.2 Å². The number of aromatic hydroxyl groups is 2. The molecule has 4 nitrogen and oxygen atoms in total. The highest BCUT2D eigenvalue weighted by Gasteiger charge is 2.31. The Labute approximate surface area is 388 Å². The molecule has 336 valence electrons. The Morgan fingerprint density at radius 1 is 0.431 bits per heavy atom. The zero-order valence-electron chi connectivity index (χ0n) is 39.6. The van der Waals surface area contributed by atoms with Crippen LogP contribution in [0.15, 0.2) is 84.9 Å². The molecule has 4 aliphatic carbocycles. The second kappa shape index (κ2) is 18.1. The molecular weight excluding hydrogens is 797 g/mol. The predicted molar refractivity (Wildman–Crippen MR) is 268 cm³/mol. The summed E-state index contributed by atoms with van der Waals surface area (Å²) in [6, 6.07) is 30.1. The van der Waals surface area contributed by atoms with E-state index in [1.807, 2.05) is 36.4 Å². The standard InChI is InChI=1S/C61H68O4/c1-38-30-51(59(62)53(32-38)57-45-22-10-6-18-40(45)34-41-19-7-11-23-46(41)57)49-26-14-16-28-55(49)64-36-44(61(3,4)5)37-65-56-29-17-15-27-50(56)52-31-39(2)33-54(60(52)63)58-47-24-12-8-20-42(47)35-43-21-9-13-25-48(43)58/h14-17,26-35,44,62-63H,6-13,18-25,36-37H2,1-5H3. The van der Waals surface area contributed by atoms with Gasteiger partial charge in [0.2, 0.25) is 0 Å². The number of rotatable bonds is 10. The summed E-state index contributed by atoms with van der Waals surface area (Å²) in [5, 5.41) is 24.8. The van der Waals surface area contributed by atoms with Crippen molar-refractivity contribution >= 4 is 0 Å². The minimum atomic E-state index is -0.141. The van der Waals surface area contributed by atoms with Crippen LogP contribution in [0.5, 0.6) is 23.0 Å². The van der Waals surface area contributed by atoms with Crippen LogP contribution >= 0.6 is 0 Å². The molecule has 0 amide bonds. The average Bonchev–Trinajstić information content (AvgIpc) is 3.31. The van der Waals surface area contributed by atoms with Crippen LogP contribution in [0.2, 0.25) is 0 Å². The molecule has 0 aliphatic heterocycles. The quantitative estimate of drug-likeness (QED) is 0.144. The van der Waals surface area contributed by atoms with Gasteiger partial charge >= 0.3 is 0 Å². The summed E-state index contributed by atoms with van der Waals surface area (Å²) in [6.07, 6.45) is 18.6. The first-order valence-corrected chi connectivity index (χ1v) is 25.0. The SMILES string of the molecule is Cc1cc(-c2ccccc2OCC(COc2ccccc2-c2cc(C)cc(-c3c4c(cc5c3CCCC5)CCCC4)c2O)C(C)(C)C)c(O)c(-c2c3c(cc4c2CCCC4)CCCC3)c1. The van der Waals surface area contributed by atoms with Gasteiger partial charge in [-0.1, -0.05) is 69.3 Å². The van der Waals surface area contributed by atoms with Gasteiger partial charge in [0.15, 0.2) is 0 Å². The summed E-state index contributed by atoms with van der Waals surface area (Å²) < 4.78 is 13.7. The molecule has 0 heterocycles. The third-order valence-corrected chi connectivity index (χ3v) is 15.5. The van der Waals surface area contributed by atoms with Crippen molar-refractivity contribution in [3.8, 4) is 67.5 Å². The van der Waals surface area contributed by atoms with E-state index in [9.17, 15) is 10.2 Å². The molecule has 10 rings (SSSR count). The predicted octanol–water partition coefficient (Wildman–Crippen LogP) is 15.0. The van der Waals surface area contributed by atoms with Gasteiger partial charge in [-0.2, -0.15) is 0 Å². The maximum absolute atomic E-state index is 12.4. The van der Waals surface area contributed by atoms with Gasteiger partial charge in [-0.05, 0) is 225 Å². The van der Waals surface area contributed by atoms with Gasteiger partial charge in [0.05, 0.1) is 13.2 Å². The number of aryl methyl sites for hydroxylation is 6. The summed E-state index contributed by atoms with van der Waals surface area (Å²) in [7, 11) is 0. The van der Waals surface area contributed by atoms with E-state index in [1.54, 1.807) is 0 Å². The molecule has 4 heteroatoms. The first-order valence-electron chi connectivity index (χ1n) is 25.0. The Morgan fingerprint density at radius 2 is 0.754 bits per heavy atom. The number of para-hydroxylation sites is 2. The molecule has 0 saturated carbocycles. The summed E-state index contributed by atoms with van der Waals surface area (Å²) in [5.74, 6) is 2.24. The van der Waals surface area contributed by atoms with Gasteiger partial charge in [0.25, 0.3) is 0 Å². The van der Waals surface area contributed by atoms with Crippen LogP contribution in [-0.4, -0.2) is 23.4 Å². The molecule has 0 atom stereocenters. The van der Waals surface area contributed by atoms with Crippen LogP contribution in [0.3, 0.4) is 0 Å². The Bertz CT molecular complexity index is 2510. The summed E-state index contributed by atoms with van der Waals surface area (Å²) >= 11 is 0. The highest BCUT2D eigenvalue weighted by atomic mass is 16.5. The van der Waals surface area contributed by atoms with Crippen molar-refractivity contribution in [2.45, 2.75) is 137 Å². The summed E-state index contributed by atoms with van der Waals surface area (Å²) in [5.41, 5.74) is 21.9. The van der Waals surface area contributed by atoms with Gasteiger partial charge in [0.1, 0.15) is 23.0 Å². The fraction of sp³-hybridized carbons (Fsp3) is 0.410. The summed E-state index contributed by atoms with van der Waals surface area (Å²) in [6.45, 7) is 11.9. The van der Waals surface area contributed by atoms with E-state index in [4.69, 9.17) is 9.47 Å². The third kappa shape index (κ3) is 8.47. The normalized spacial score (nSPS) is 15.8. The zero-order valence-corrected chi connectivity index (χ0v) is 39.6. The molecule has 0 bridgehead atoms. The van der Waals surface area contributed by atoms with Crippen LogP contribution in [0.25, 0.3) is 44.5 Å². The molecule has 0 unspecified atom stereocenters. The highest BCUT2D eigenvalue weighted by Crippen LogP contribution is 2.50. The molecule has 65 heavy (non-hydrogen) atoms. The van der Waals surface area contributed by atoms with Crippen molar-refractivity contribution in [1.29, 1.82) is 0 Å². The maximum Gasteiger partial charge on any atom is 0.131 e. The van der Waals surface area contributed by atoms with E-state index in [2.05, 4.69) is 83.1 Å². The molecule has 0 aromatic heterocycles. The molecular formula is C61H68O4. The third-order valence-electron chi connectivity index (χ3n) is 15.5. The lowest BCUT2D eigenvalue weighted by molar-refractivity contribution is 0.0926. The molecule has 4 aliphatic rings. The monoisotopic (exact) mass is 865 g/mol. The number of benzene rings is 6. The molecule has 6 aromatic rings. The van der Waals surface area contributed by atoms with Crippen LogP contribution in [0.1, 0.15) is 128 Å². The van der Waals surface area contributed by atoms with Gasteiger partial charge < -0.3 is 19.7 Å². The Hall–Kier alpha value is -5.48. The van der Waals surface area contributed by atoms with Gasteiger partial charge in [-0.15, -0.1) is 0 Å².